The number of ether oxygens (including phenoxy) is 3. The Balaban J connectivity index is 2.61. The van der Waals surface area contributed by atoms with E-state index in [1.165, 1.54) is 21.0 Å². The van der Waals surface area contributed by atoms with Crippen LogP contribution in [0.25, 0.3) is 0 Å². The lowest BCUT2D eigenvalue weighted by Gasteiger charge is -2.10. The summed E-state index contributed by atoms with van der Waals surface area (Å²) in [6.07, 6.45) is 1.49. The monoisotopic (exact) mass is 266 g/mol. The van der Waals surface area contributed by atoms with Gasteiger partial charge in [0.05, 0.1) is 13.7 Å². The Hall–Kier alpha value is -2.04. The molecule has 0 saturated heterocycles. The SMILES string of the molecule is COc1cc(CCCOC(C)=O)ccc1OC(C)=O. The number of carbonyl (C=O) groups excluding carboxylic acids is 2. The van der Waals surface area contributed by atoms with Gasteiger partial charge in [-0.15, -0.1) is 0 Å². The van der Waals surface area contributed by atoms with Crippen molar-refractivity contribution in [2.45, 2.75) is 26.7 Å². The van der Waals surface area contributed by atoms with Gasteiger partial charge in [0.2, 0.25) is 0 Å². The third-order valence-electron chi connectivity index (χ3n) is 2.40. The Morgan fingerprint density at radius 2 is 1.84 bits per heavy atom. The fraction of sp³-hybridized carbons (Fsp3) is 0.429. The van der Waals surface area contributed by atoms with Crippen molar-refractivity contribution in [2.24, 2.45) is 0 Å². The van der Waals surface area contributed by atoms with Gasteiger partial charge < -0.3 is 14.2 Å². The van der Waals surface area contributed by atoms with Crippen LogP contribution in [-0.4, -0.2) is 25.7 Å². The molecule has 0 bridgehead atoms. The molecule has 1 rings (SSSR count). The van der Waals surface area contributed by atoms with Crippen molar-refractivity contribution in [3.63, 3.8) is 0 Å². The van der Waals surface area contributed by atoms with Gasteiger partial charge in [0.15, 0.2) is 11.5 Å². The molecule has 19 heavy (non-hydrogen) atoms. The van der Waals surface area contributed by atoms with Crippen molar-refractivity contribution >= 4 is 11.9 Å². The quantitative estimate of drug-likeness (QED) is 0.448. The minimum Gasteiger partial charge on any atom is -0.493 e. The molecule has 0 radical (unpaired) electrons. The van der Waals surface area contributed by atoms with Gasteiger partial charge in [0, 0.05) is 13.8 Å². The predicted octanol–water partition coefficient (Wildman–Crippen LogP) is 2.12. The third kappa shape index (κ3) is 5.42. The summed E-state index contributed by atoms with van der Waals surface area (Å²) in [6.45, 7) is 3.12. The number of esters is 2. The predicted molar refractivity (Wildman–Crippen MR) is 69.3 cm³/mol. The highest BCUT2D eigenvalue weighted by Gasteiger charge is 2.08. The number of rotatable bonds is 6. The van der Waals surface area contributed by atoms with Gasteiger partial charge in [-0.05, 0) is 30.5 Å². The first kappa shape index (κ1) is 15.0. The van der Waals surface area contributed by atoms with E-state index in [1.807, 2.05) is 12.1 Å². The molecule has 0 aromatic heterocycles. The summed E-state index contributed by atoms with van der Waals surface area (Å²) in [5.74, 6) is 0.252. The molecular formula is C14H18O5. The maximum absolute atomic E-state index is 10.9. The van der Waals surface area contributed by atoms with Crippen LogP contribution in [0.3, 0.4) is 0 Å². The molecule has 1 aromatic carbocycles. The molecule has 0 amide bonds. The third-order valence-corrected chi connectivity index (χ3v) is 2.40. The van der Waals surface area contributed by atoms with Crippen LogP contribution >= 0.6 is 0 Å². The van der Waals surface area contributed by atoms with E-state index in [-0.39, 0.29) is 11.9 Å². The molecule has 0 aliphatic rings. The van der Waals surface area contributed by atoms with E-state index < -0.39 is 0 Å². The van der Waals surface area contributed by atoms with Gasteiger partial charge in [-0.1, -0.05) is 6.07 Å². The molecule has 0 heterocycles. The summed E-state index contributed by atoms with van der Waals surface area (Å²) in [7, 11) is 1.52. The second-order valence-electron chi connectivity index (χ2n) is 4.02. The zero-order valence-electron chi connectivity index (χ0n) is 11.4. The first-order chi connectivity index (χ1) is 9.02. The number of aryl methyl sites for hydroxylation is 1. The van der Waals surface area contributed by atoms with Crippen molar-refractivity contribution in [1.29, 1.82) is 0 Å². The molecule has 0 N–H and O–H groups in total. The number of hydrogen-bond acceptors (Lipinski definition) is 5. The molecule has 5 nitrogen and oxygen atoms in total. The summed E-state index contributed by atoms with van der Waals surface area (Å²) in [4.78, 5) is 21.5. The van der Waals surface area contributed by atoms with E-state index in [0.717, 1.165) is 18.4 Å². The van der Waals surface area contributed by atoms with Gasteiger partial charge in [-0.2, -0.15) is 0 Å². The normalized spacial score (nSPS) is 9.84. The maximum Gasteiger partial charge on any atom is 0.308 e. The van der Waals surface area contributed by atoms with Crippen LogP contribution in [0.2, 0.25) is 0 Å². The van der Waals surface area contributed by atoms with Crippen LogP contribution in [0, 0.1) is 0 Å². The Morgan fingerprint density at radius 1 is 1.11 bits per heavy atom. The Kier molecular flexibility index (Phi) is 5.85. The smallest absolute Gasteiger partial charge is 0.308 e. The highest BCUT2D eigenvalue weighted by molar-refractivity contribution is 5.70. The number of benzene rings is 1. The van der Waals surface area contributed by atoms with Crippen molar-refractivity contribution in [3.8, 4) is 11.5 Å². The summed E-state index contributed by atoms with van der Waals surface area (Å²) >= 11 is 0. The largest absolute Gasteiger partial charge is 0.493 e. The van der Waals surface area contributed by atoms with Crippen LogP contribution in [-0.2, 0) is 20.7 Å². The van der Waals surface area contributed by atoms with Crippen LogP contribution in [0.15, 0.2) is 18.2 Å². The molecule has 0 aliphatic carbocycles. The van der Waals surface area contributed by atoms with Gasteiger partial charge in [0.25, 0.3) is 0 Å². The van der Waals surface area contributed by atoms with Crippen molar-refractivity contribution in [1.82, 2.24) is 0 Å². The number of methoxy groups -OCH3 is 1. The first-order valence-corrected chi connectivity index (χ1v) is 6.01. The van der Waals surface area contributed by atoms with Crippen LogP contribution < -0.4 is 9.47 Å². The van der Waals surface area contributed by atoms with E-state index in [1.54, 1.807) is 6.07 Å². The Labute approximate surface area is 112 Å². The molecule has 0 aliphatic heterocycles. The van der Waals surface area contributed by atoms with Crippen LogP contribution in [0.5, 0.6) is 11.5 Å². The molecule has 0 saturated carbocycles. The molecule has 104 valence electrons. The second kappa shape index (κ2) is 7.41. The van der Waals surface area contributed by atoms with E-state index in [2.05, 4.69) is 0 Å². The molecule has 0 fully saturated rings. The minimum atomic E-state index is -0.388. The first-order valence-electron chi connectivity index (χ1n) is 6.01. The lowest BCUT2D eigenvalue weighted by Crippen LogP contribution is -2.04. The number of carbonyl (C=O) groups is 2. The minimum absolute atomic E-state index is 0.275. The van der Waals surface area contributed by atoms with Gasteiger partial charge in [0.1, 0.15) is 0 Å². The van der Waals surface area contributed by atoms with Gasteiger partial charge >= 0.3 is 11.9 Å². The molecule has 0 spiro atoms. The standard InChI is InChI=1S/C14H18O5/c1-10(15)18-8-4-5-12-6-7-13(19-11(2)16)14(9-12)17-3/h6-7,9H,4-5,8H2,1-3H3. The Morgan fingerprint density at radius 3 is 2.42 bits per heavy atom. The zero-order chi connectivity index (χ0) is 14.3. The highest BCUT2D eigenvalue weighted by atomic mass is 16.6. The lowest BCUT2D eigenvalue weighted by molar-refractivity contribution is -0.141. The fourth-order valence-electron chi connectivity index (χ4n) is 1.60. The summed E-state index contributed by atoms with van der Waals surface area (Å²) in [5.41, 5.74) is 1.03. The average Bonchev–Trinajstić information content (AvgIpc) is 2.35. The molecule has 5 heteroatoms. The van der Waals surface area contributed by atoms with Crippen molar-refractivity contribution < 1.29 is 23.8 Å². The Bertz CT molecular complexity index is 453. The van der Waals surface area contributed by atoms with Gasteiger partial charge in [-0.3, -0.25) is 9.59 Å². The summed E-state index contributed by atoms with van der Waals surface area (Å²) < 4.78 is 15.0. The second-order valence-corrected chi connectivity index (χ2v) is 4.02. The average molecular weight is 266 g/mol. The molecular weight excluding hydrogens is 248 g/mol. The van der Waals surface area contributed by atoms with E-state index in [4.69, 9.17) is 14.2 Å². The summed E-state index contributed by atoms with van der Waals surface area (Å²) in [6, 6.07) is 5.36. The zero-order valence-corrected chi connectivity index (χ0v) is 11.4. The number of hydrogen-bond donors (Lipinski definition) is 0. The maximum atomic E-state index is 10.9. The van der Waals surface area contributed by atoms with Crippen molar-refractivity contribution in [3.05, 3.63) is 23.8 Å². The molecule has 0 atom stereocenters. The molecule has 0 unspecified atom stereocenters. The van der Waals surface area contributed by atoms with E-state index in [9.17, 15) is 9.59 Å². The van der Waals surface area contributed by atoms with Crippen LogP contribution in [0.1, 0.15) is 25.8 Å². The molecule has 1 aromatic rings. The van der Waals surface area contributed by atoms with Gasteiger partial charge in [-0.25, -0.2) is 0 Å². The van der Waals surface area contributed by atoms with Crippen LogP contribution in [0.4, 0.5) is 0 Å². The summed E-state index contributed by atoms with van der Waals surface area (Å²) in [5, 5.41) is 0. The van der Waals surface area contributed by atoms with Crippen molar-refractivity contribution in [2.75, 3.05) is 13.7 Å². The fourth-order valence-corrected chi connectivity index (χ4v) is 1.60. The van der Waals surface area contributed by atoms with E-state index >= 15 is 0 Å². The highest BCUT2D eigenvalue weighted by Crippen LogP contribution is 2.28. The van der Waals surface area contributed by atoms with E-state index in [0.29, 0.717) is 18.1 Å². The topological polar surface area (TPSA) is 61.8 Å². The lowest BCUT2D eigenvalue weighted by atomic mass is 10.1.